The van der Waals surface area contributed by atoms with Gasteiger partial charge in [0.1, 0.15) is 0 Å². The topological polar surface area (TPSA) is 39.8 Å². The zero-order chi connectivity index (χ0) is 17.2. The number of benzene rings is 1. The molecule has 2 heterocycles. The lowest BCUT2D eigenvalue weighted by Gasteiger charge is -2.27. The second-order valence-electron chi connectivity index (χ2n) is 7.18. The molecule has 5 heteroatoms. The lowest BCUT2D eigenvalue weighted by Crippen LogP contribution is -2.41. The average Bonchev–Trinajstić information content (AvgIpc) is 2.69. The Morgan fingerprint density at radius 2 is 1.52 bits per heavy atom. The summed E-state index contributed by atoms with van der Waals surface area (Å²) >= 11 is 0. The molecule has 0 amide bonds. The summed E-state index contributed by atoms with van der Waals surface area (Å²) < 4.78 is 5.38. The maximum absolute atomic E-state index is 5.38. The number of hydrazine groups is 1. The number of nitrogens with zero attached hydrogens (tertiary/aromatic N) is 2. The number of morpholine rings is 1. The van der Waals surface area contributed by atoms with Crippen molar-refractivity contribution in [1.82, 2.24) is 20.7 Å². The van der Waals surface area contributed by atoms with E-state index in [0.717, 1.165) is 45.9 Å². The minimum Gasteiger partial charge on any atom is -0.379 e. The molecular formula is C20H34N4O. The minimum absolute atomic E-state index is 0.895. The second kappa shape index (κ2) is 10.9. The van der Waals surface area contributed by atoms with Gasteiger partial charge in [-0.05, 0) is 43.5 Å². The summed E-state index contributed by atoms with van der Waals surface area (Å²) in [5.41, 5.74) is 6.28. The Morgan fingerprint density at radius 3 is 2.24 bits per heavy atom. The van der Waals surface area contributed by atoms with Crippen molar-refractivity contribution in [3.63, 3.8) is 0 Å². The zero-order valence-electron chi connectivity index (χ0n) is 15.5. The van der Waals surface area contributed by atoms with Crippen molar-refractivity contribution in [1.29, 1.82) is 0 Å². The summed E-state index contributed by atoms with van der Waals surface area (Å²) in [6.07, 6.45) is 5.23. The van der Waals surface area contributed by atoms with Crippen LogP contribution < -0.4 is 10.7 Å². The Hall–Kier alpha value is -0.980. The van der Waals surface area contributed by atoms with Crippen LogP contribution in [0.5, 0.6) is 0 Å². The molecule has 2 saturated heterocycles. The molecule has 140 valence electrons. The standard InChI is InChI=1S/C20H34N4O/c1-2-11-24(12-3-1)22-18-20-7-5-19(6-8-20)17-21-9-4-10-23-13-15-25-16-14-23/h5-8,21-22H,1-4,9-18H2. The quantitative estimate of drug-likeness (QED) is 0.669. The highest BCUT2D eigenvalue weighted by atomic mass is 16.5. The van der Waals surface area contributed by atoms with Crippen LogP contribution in [-0.4, -0.2) is 62.4 Å². The molecule has 0 unspecified atom stereocenters. The van der Waals surface area contributed by atoms with Crippen LogP contribution in [0, 0.1) is 0 Å². The molecule has 0 atom stereocenters. The molecule has 0 spiro atoms. The van der Waals surface area contributed by atoms with Crippen molar-refractivity contribution in [3.05, 3.63) is 35.4 Å². The Kier molecular flexibility index (Phi) is 8.19. The van der Waals surface area contributed by atoms with E-state index in [1.165, 1.54) is 56.4 Å². The highest BCUT2D eigenvalue weighted by Gasteiger charge is 2.09. The van der Waals surface area contributed by atoms with E-state index in [0.29, 0.717) is 0 Å². The molecule has 2 N–H and O–H groups in total. The number of hydrogen-bond donors (Lipinski definition) is 2. The van der Waals surface area contributed by atoms with E-state index < -0.39 is 0 Å². The van der Waals surface area contributed by atoms with Gasteiger partial charge in [0.05, 0.1) is 13.2 Å². The SMILES string of the molecule is c1cc(CNN2CCCCC2)ccc1CNCCCN1CCOCC1. The molecular weight excluding hydrogens is 312 g/mol. The first-order valence-corrected chi connectivity index (χ1v) is 9.97. The number of rotatable bonds is 9. The van der Waals surface area contributed by atoms with E-state index >= 15 is 0 Å². The molecule has 0 saturated carbocycles. The van der Waals surface area contributed by atoms with Crippen molar-refractivity contribution in [3.8, 4) is 0 Å². The molecule has 2 fully saturated rings. The molecule has 25 heavy (non-hydrogen) atoms. The molecule has 1 aromatic rings. The number of nitrogens with one attached hydrogen (secondary N) is 2. The van der Waals surface area contributed by atoms with Gasteiger partial charge in [-0.25, -0.2) is 5.01 Å². The predicted molar refractivity (Wildman–Crippen MR) is 102 cm³/mol. The van der Waals surface area contributed by atoms with Gasteiger partial charge in [-0.2, -0.15) is 0 Å². The Bertz CT molecular complexity index is 467. The molecule has 0 radical (unpaired) electrons. The number of ether oxygens (including phenoxy) is 1. The fraction of sp³-hybridized carbons (Fsp3) is 0.700. The van der Waals surface area contributed by atoms with Gasteiger partial charge < -0.3 is 10.1 Å². The third-order valence-electron chi connectivity index (χ3n) is 5.15. The van der Waals surface area contributed by atoms with Gasteiger partial charge in [-0.3, -0.25) is 10.3 Å². The van der Waals surface area contributed by atoms with Crippen molar-refractivity contribution in [2.75, 3.05) is 52.5 Å². The van der Waals surface area contributed by atoms with Gasteiger partial charge in [0.25, 0.3) is 0 Å². The van der Waals surface area contributed by atoms with Crippen molar-refractivity contribution < 1.29 is 4.74 Å². The zero-order valence-corrected chi connectivity index (χ0v) is 15.5. The van der Waals surface area contributed by atoms with Crippen LogP contribution in [0.2, 0.25) is 0 Å². The minimum atomic E-state index is 0.895. The normalized spacial score (nSPS) is 20.0. The van der Waals surface area contributed by atoms with E-state index in [2.05, 4.69) is 44.9 Å². The summed E-state index contributed by atoms with van der Waals surface area (Å²) in [5, 5.41) is 5.93. The van der Waals surface area contributed by atoms with Crippen molar-refractivity contribution in [2.24, 2.45) is 0 Å². The van der Waals surface area contributed by atoms with E-state index in [4.69, 9.17) is 4.74 Å². The molecule has 3 rings (SSSR count). The largest absolute Gasteiger partial charge is 0.379 e. The maximum atomic E-state index is 5.38. The van der Waals surface area contributed by atoms with Gasteiger partial charge in [0.15, 0.2) is 0 Å². The van der Waals surface area contributed by atoms with Crippen LogP contribution in [0.25, 0.3) is 0 Å². The van der Waals surface area contributed by atoms with E-state index in [1.807, 2.05) is 0 Å². The van der Waals surface area contributed by atoms with Crippen molar-refractivity contribution >= 4 is 0 Å². The van der Waals surface area contributed by atoms with Gasteiger partial charge in [-0.1, -0.05) is 30.7 Å². The van der Waals surface area contributed by atoms with Crippen LogP contribution in [-0.2, 0) is 17.8 Å². The highest BCUT2D eigenvalue weighted by Crippen LogP contribution is 2.08. The number of hydrogen-bond acceptors (Lipinski definition) is 5. The van der Waals surface area contributed by atoms with Gasteiger partial charge in [0.2, 0.25) is 0 Å². The summed E-state index contributed by atoms with van der Waals surface area (Å²) in [6.45, 7) is 10.5. The van der Waals surface area contributed by atoms with E-state index in [9.17, 15) is 0 Å². The fourth-order valence-electron chi connectivity index (χ4n) is 3.52. The van der Waals surface area contributed by atoms with Crippen molar-refractivity contribution in [2.45, 2.75) is 38.8 Å². The number of piperidine rings is 1. The molecule has 0 bridgehead atoms. The van der Waals surface area contributed by atoms with Gasteiger partial charge >= 0.3 is 0 Å². The monoisotopic (exact) mass is 346 g/mol. The fourth-order valence-corrected chi connectivity index (χ4v) is 3.52. The van der Waals surface area contributed by atoms with Gasteiger partial charge in [-0.15, -0.1) is 0 Å². The van der Waals surface area contributed by atoms with Crippen LogP contribution in [0.3, 0.4) is 0 Å². The summed E-state index contributed by atoms with van der Waals surface area (Å²) in [5.74, 6) is 0. The van der Waals surface area contributed by atoms with E-state index in [1.54, 1.807) is 0 Å². The van der Waals surface area contributed by atoms with Crippen LogP contribution in [0.1, 0.15) is 36.8 Å². The maximum Gasteiger partial charge on any atom is 0.0594 e. The third-order valence-corrected chi connectivity index (χ3v) is 5.15. The highest BCUT2D eigenvalue weighted by molar-refractivity contribution is 5.22. The first-order valence-electron chi connectivity index (χ1n) is 9.97. The molecule has 0 aliphatic carbocycles. The Balaban J connectivity index is 1.26. The van der Waals surface area contributed by atoms with Crippen LogP contribution in [0.15, 0.2) is 24.3 Å². The summed E-state index contributed by atoms with van der Waals surface area (Å²) in [6, 6.07) is 9.01. The molecule has 2 aliphatic rings. The van der Waals surface area contributed by atoms with Crippen LogP contribution in [0.4, 0.5) is 0 Å². The molecule has 1 aromatic carbocycles. The third kappa shape index (κ3) is 7.04. The van der Waals surface area contributed by atoms with Crippen LogP contribution >= 0.6 is 0 Å². The summed E-state index contributed by atoms with van der Waals surface area (Å²) in [7, 11) is 0. The molecule has 2 aliphatic heterocycles. The lowest BCUT2D eigenvalue weighted by atomic mass is 10.1. The smallest absolute Gasteiger partial charge is 0.0594 e. The van der Waals surface area contributed by atoms with Gasteiger partial charge in [0, 0.05) is 39.3 Å². The second-order valence-corrected chi connectivity index (χ2v) is 7.18. The average molecular weight is 347 g/mol. The predicted octanol–water partition coefficient (Wildman–Crippen LogP) is 1.99. The Morgan fingerprint density at radius 1 is 0.840 bits per heavy atom. The summed E-state index contributed by atoms with van der Waals surface area (Å²) in [4.78, 5) is 2.50. The van der Waals surface area contributed by atoms with E-state index in [-0.39, 0.29) is 0 Å². The lowest BCUT2D eigenvalue weighted by molar-refractivity contribution is 0.0374. The molecule has 5 nitrogen and oxygen atoms in total. The molecule has 0 aromatic heterocycles. The Labute approximate surface area is 152 Å². The first-order chi connectivity index (χ1) is 12.4. The first kappa shape index (κ1) is 18.8.